The summed E-state index contributed by atoms with van der Waals surface area (Å²) in [6.07, 6.45) is 0.576. The van der Waals surface area contributed by atoms with Crippen LogP contribution in [-0.4, -0.2) is 25.5 Å². The van der Waals surface area contributed by atoms with E-state index in [-0.39, 0.29) is 23.7 Å². The minimum atomic E-state index is -0.368. The Morgan fingerprint density at radius 3 is 2.76 bits per heavy atom. The van der Waals surface area contributed by atoms with Gasteiger partial charge < -0.3 is 10.1 Å². The van der Waals surface area contributed by atoms with E-state index in [1.165, 1.54) is 7.11 Å². The normalized spacial score (nSPS) is 23.2. The lowest BCUT2D eigenvalue weighted by Crippen LogP contribution is -2.27. The fraction of sp³-hybridized carbons (Fsp3) is 0.385. The molecule has 0 bridgehead atoms. The first-order chi connectivity index (χ1) is 8.22. The summed E-state index contributed by atoms with van der Waals surface area (Å²) in [5.41, 5.74) is 1.06. The maximum absolute atomic E-state index is 11.7. The SMILES string of the molecule is COC(=O)C1CNC(=O)C1Cc1ccccc1. The monoisotopic (exact) mass is 233 g/mol. The molecule has 0 aliphatic carbocycles. The summed E-state index contributed by atoms with van der Waals surface area (Å²) in [7, 11) is 1.35. The van der Waals surface area contributed by atoms with E-state index in [1.54, 1.807) is 0 Å². The Morgan fingerprint density at radius 1 is 1.41 bits per heavy atom. The molecule has 2 atom stereocenters. The van der Waals surface area contributed by atoms with E-state index in [1.807, 2.05) is 30.3 Å². The van der Waals surface area contributed by atoms with Gasteiger partial charge in [-0.3, -0.25) is 9.59 Å². The van der Waals surface area contributed by atoms with Gasteiger partial charge >= 0.3 is 5.97 Å². The molecule has 4 nitrogen and oxygen atoms in total. The van der Waals surface area contributed by atoms with E-state index < -0.39 is 0 Å². The summed E-state index contributed by atoms with van der Waals surface area (Å²) < 4.78 is 4.72. The lowest BCUT2D eigenvalue weighted by atomic mass is 9.89. The second-order valence-electron chi connectivity index (χ2n) is 4.17. The number of carbonyl (C=O) groups excluding carboxylic acids is 2. The van der Waals surface area contributed by atoms with Crippen LogP contribution >= 0.6 is 0 Å². The lowest BCUT2D eigenvalue weighted by Gasteiger charge is -2.14. The van der Waals surface area contributed by atoms with Crippen LogP contribution in [0.3, 0.4) is 0 Å². The van der Waals surface area contributed by atoms with Crippen molar-refractivity contribution < 1.29 is 14.3 Å². The van der Waals surface area contributed by atoms with Crippen LogP contribution in [-0.2, 0) is 20.7 Å². The number of methoxy groups -OCH3 is 1. The van der Waals surface area contributed by atoms with Crippen molar-refractivity contribution in [3.8, 4) is 0 Å². The van der Waals surface area contributed by atoms with Crippen molar-refractivity contribution in [1.82, 2.24) is 5.32 Å². The third-order valence-electron chi connectivity index (χ3n) is 3.12. The number of carbonyl (C=O) groups is 2. The second-order valence-corrected chi connectivity index (χ2v) is 4.17. The standard InChI is InChI=1S/C13H15NO3/c1-17-13(16)11-8-14-12(15)10(11)7-9-5-3-2-4-6-9/h2-6,10-11H,7-8H2,1H3,(H,14,15). The van der Waals surface area contributed by atoms with Crippen LogP contribution < -0.4 is 5.32 Å². The molecule has 1 aliphatic heterocycles. The number of esters is 1. The molecule has 17 heavy (non-hydrogen) atoms. The number of amides is 1. The third kappa shape index (κ3) is 2.46. The fourth-order valence-electron chi connectivity index (χ4n) is 2.17. The van der Waals surface area contributed by atoms with Crippen molar-refractivity contribution in [1.29, 1.82) is 0 Å². The summed E-state index contributed by atoms with van der Waals surface area (Å²) in [6, 6.07) is 9.70. The molecule has 1 aromatic carbocycles. The van der Waals surface area contributed by atoms with Gasteiger partial charge in [-0.15, -0.1) is 0 Å². The number of nitrogens with one attached hydrogen (secondary N) is 1. The van der Waals surface area contributed by atoms with Crippen molar-refractivity contribution in [3.05, 3.63) is 35.9 Å². The highest BCUT2D eigenvalue weighted by Crippen LogP contribution is 2.23. The van der Waals surface area contributed by atoms with Gasteiger partial charge in [-0.1, -0.05) is 30.3 Å². The first-order valence-electron chi connectivity index (χ1n) is 5.62. The molecular weight excluding hydrogens is 218 g/mol. The van der Waals surface area contributed by atoms with Crippen LogP contribution in [0.15, 0.2) is 30.3 Å². The molecule has 1 saturated heterocycles. The van der Waals surface area contributed by atoms with E-state index >= 15 is 0 Å². The Balaban J connectivity index is 2.12. The zero-order chi connectivity index (χ0) is 12.3. The van der Waals surface area contributed by atoms with Crippen molar-refractivity contribution >= 4 is 11.9 Å². The van der Waals surface area contributed by atoms with Gasteiger partial charge in [0.05, 0.1) is 18.9 Å². The van der Waals surface area contributed by atoms with Crippen LogP contribution in [0.5, 0.6) is 0 Å². The first-order valence-corrected chi connectivity index (χ1v) is 5.62. The average Bonchev–Trinajstić information content (AvgIpc) is 2.72. The zero-order valence-electron chi connectivity index (χ0n) is 9.68. The number of hydrogen-bond acceptors (Lipinski definition) is 3. The van der Waals surface area contributed by atoms with Gasteiger partial charge in [0.15, 0.2) is 0 Å². The van der Waals surface area contributed by atoms with Gasteiger partial charge in [-0.2, -0.15) is 0 Å². The molecule has 90 valence electrons. The molecule has 0 saturated carbocycles. The number of rotatable bonds is 3. The quantitative estimate of drug-likeness (QED) is 0.784. The number of benzene rings is 1. The second kappa shape index (κ2) is 4.99. The molecule has 1 amide bonds. The third-order valence-corrected chi connectivity index (χ3v) is 3.12. The molecule has 1 aliphatic rings. The van der Waals surface area contributed by atoms with Gasteiger partial charge in [0.2, 0.25) is 5.91 Å². The largest absolute Gasteiger partial charge is 0.469 e. The van der Waals surface area contributed by atoms with Crippen molar-refractivity contribution in [2.24, 2.45) is 11.8 Å². The van der Waals surface area contributed by atoms with Crippen molar-refractivity contribution in [3.63, 3.8) is 0 Å². The molecule has 0 radical (unpaired) electrons. The van der Waals surface area contributed by atoms with Crippen LogP contribution in [0.4, 0.5) is 0 Å². The Kier molecular flexibility index (Phi) is 3.42. The molecule has 0 aromatic heterocycles. The Morgan fingerprint density at radius 2 is 2.12 bits per heavy atom. The van der Waals surface area contributed by atoms with E-state index in [2.05, 4.69) is 5.32 Å². The Hall–Kier alpha value is -1.84. The number of ether oxygens (including phenoxy) is 1. The van der Waals surface area contributed by atoms with Gasteiger partial charge in [0.25, 0.3) is 0 Å². The lowest BCUT2D eigenvalue weighted by molar-refractivity contribution is -0.147. The Labute approximate surface area is 100.0 Å². The van der Waals surface area contributed by atoms with Gasteiger partial charge in [0, 0.05) is 6.54 Å². The molecular formula is C13H15NO3. The molecule has 2 unspecified atom stereocenters. The molecule has 0 spiro atoms. The molecule has 1 N–H and O–H groups in total. The topological polar surface area (TPSA) is 55.4 Å². The highest BCUT2D eigenvalue weighted by Gasteiger charge is 2.39. The van der Waals surface area contributed by atoms with Crippen LogP contribution in [0.2, 0.25) is 0 Å². The summed E-state index contributed by atoms with van der Waals surface area (Å²) in [6.45, 7) is 0.378. The predicted octanol–water partition coefficient (Wildman–Crippen LogP) is 0.764. The van der Waals surface area contributed by atoms with E-state index in [9.17, 15) is 9.59 Å². The van der Waals surface area contributed by atoms with Crippen LogP contribution in [0.25, 0.3) is 0 Å². The average molecular weight is 233 g/mol. The predicted molar refractivity (Wildman–Crippen MR) is 62.2 cm³/mol. The van der Waals surface area contributed by atoms with Crippen molar-refractivity contribution in [2.75, 3.05) is 13.7 Å². The van der Waals surface area contributed by atoms with Gasteiger partial charge in [0.1, 0.15) is 0 Å². The Bertz CT molecular complexity index is 416. The van der Waals surface area contributed by atoms with Crippen LogP contribution in [0, 0.1) is 11.8 Å². The maximum atomic E-state index is 11.7. The van der Waals surface area contributed by atoms with E-state index in [0.29, 0.717) is 13.0 Å². The molecule has 2 rings (SSSR count). The van der Waals surface area contributed by atoms with E-state index in [0.717, 1.165) is 5.56 Å². The highest BCUT2D eigenvalue weighted by molar-refractivity contribution is 5.89. The molecule has 4 heteroatoms. The smallest absolute Gasteiger partial charge is 0.311 e. The fourth-order valence-corrected chi connectivity index (χ4v) is 2.17. The van der Waals surface area contributed by atoms with Crippen molar-refractivity contribution in [2.45, 2.75) is 6.42 Å². The molecule has 1 fully saturated rings. The van der Waals surface area contributed by atoms with Gasteiger partial charge in [-0.25, -0.2) is 0 Å². The summed E-state index contributed by atoms with van der Waals surface area (Å²) in [5, 5.41) is 2.72. The maximum Gasteiger partial charge on any atom is 0.311 e. The van der Waals surface area contributed by atoms with Crippen LogP contribution in [0.1, 0.15) is 5.56 Å². The first kappa shape index (κ1) is 11.6. The van der Waals surface area contributed by atoms with E-state index in [4.69, 9.17) is 4.74 Å². The summed E-state index contributed by atoms with van der Waals surface area (Å²) in [4.78, 5) is 23.2. The molecule has 1 heterocycles. The van der Waals surface area contributed by atoms with Gasteiger partial charge in [-0.05, 0) is 12.0 Å². The summed E-state index contributed by atoms with van der Waals surface area (Å²) >= 11 is 0. The highest BCUT2D eigenvalue weighted by atomic mass is 16.5. The molecule has 1 aromatic rings. The minimum absolute atomic E-state index is 0.0655. The zero-order valence-corrected chi connectivity index (χ0v) is 9.68. The number of hydrogen-bond donors (Lipinski definition) is 1. The summed E-state index contributed by atoms with van der Waals surface area (Å²) in [5.74, 6) is -1.06. The minimum Gasteiger partial charge on any atom is -0.469 e.